The van der Waals surface area contributed by atoms with Gasteiger partial charge in [0.2, 0.25) is 0 Å². The molecule has 0 heterocycles. The zero-order chi connectivity index (χ0) is 4.00. The maximum Gasteiger partial charge on any atom is -1.00 e. The molecule has 0 atom stereocenters. The van der Waals surface area contributed by atoms with E-state index in [1.807, 2.05) is 0 Å². The minimum atomic E-state index is 0.917. The van der Waals surface area contributed by atoms with Gasteiger partial charge in [0.25, 0.3) is 0 Å². The van der Waals surface area contributed by atoms with E-state index >= 15 is 0 Å². The Kier molecular flexibility index (Phi) is 44.6. The van der Waals surface area contributed by atoms with Crippen LogP contribution in [0.15, 0.2) is 0 Å². The van der Waals surface area contributed by atoms with Gasteiger partial charge >= 0.3 is 52.1 Å². The molecule has 0 bridgehead atoms. The summed E-state index contributed by atoms with van der Waals surface area (Å²) >= 11 is 3.00. The van der Waals surface area contributed by atoms with Crippen LogP contribution in [-0.4, -0.2) is 52.1 Å². The van der Waals surface area contributed by atoms with E-state index in [4.69, 9.17) is 10.5 Å². The van der Waals surface area contributed by atoms with E-state index in [0.29, 0.717) is 0 Å². The summed E-state index contributed by atoms with van der Waals surface area (Å²) in [6.45, 7) is 0. The fourth-order valence-electron chi connectivity index (χ4n) is 0. The van der Waals surface area contributed by atoms with Crippen LogP contribution in [0, 0.1) is 0 Å². The van der Waals surface area contributed by atoms with Crippen LogP contribution in [0.25, 0.3) is 0 Å². The van der Waals surface area contributed by atoms with E-state index in [1.165, 1.54) is 0 Å². The SMILES string of the molecule is [Mg+2][BaH].[O-][O-]. The standard InChI is InChI=1S/Ba.Mg.O2.H/c;;1-2;/q;+2;-2;. The third-order valence-electron chi connectivity index (χ3n) is 0. The molecule has 7 radical (unpaired) electrons. The summed E-state index contributed by atoms with van der Waals surface area (Å²) in [5.74, 6) is 0. The molecule has 0 unspecified atom stereocenters. The summed E-state index contributed by atoms with van der Waals surface area (Å²) < 4.78 is 0. The van der Waals surface area contributed by atoms with Crippen LogP contribution < -0.4 is 10.5 Å². The molecule has 0 fully saturated rings. The quantitative estimate of drug-likeness (QED) is 0.229. The molecule has 0 rings (SSSR count). The molecule has 2 nitrogen and oxygen atoms in total. The molecule has 0 aromatic carbocycles. The Morgan fingerprint density at radius 1 is 1.25 bits per heavy atom. The van der Waals surface area contributed by atoms with E-state index < -0.39 is 0 Å². The van der Waals surface area contributed by atoms with Crippen molar-refractivity contribution in [2.45, 2.75) is 0 Å². The first-order valence-electron chi connectivity index (χ1n) is 0.874. The average Bonchev–Trinajstić information content (AvgIpc) is 1.50. The summed E-state index contributed by atoms with van der Waals surface area (Å²) in [4.78, 5) is 0. The molecule has 0 spiro atoms. The Bertz CT molecular complexity index is 6.00. The molecule has 0 aliphatic heterocycles. The Hall–Kier alpha value is 2.26. The van der Waals surface area contributed by atoms with Crippen molar-refractivity contribution in [2.75, 3.05) is 0 Å². The first-order valence-corrected chi connectivity index (χ1v) is 15.6. The Labute approximate surface area is 60.9 Å². The van der Waals surface area contributed by atoms with Gasteiger partial charge in [-0.3, -0.25) is 0 Å². The van der Waals surface area contributed by atoms with Gasteiger partial charge in [-0.05, 0) is 0 Å². The summed E-state index contributed by atoms with van der Waals surface area (Å²) in [6, 6.07) is 0. The molecule has 0 saturated carbocycles. The summed E-state index contributed by atoms with van der Waals surface area (Å²) in [6.07, 6.45) is 0. The third-order valence-corrected chi connectivity index (χ3v) is 0. The topological polar surface area (TPSA) is 46.1 Å². The van der Waals surface area contributed by atoms with Crippen molar-refractivity contribution < 1.29 is 10.5 Å². The smallest absolute Gasteiger partial charge is 1.00 e. The van der Waals surface area contributed by atoms with E-state index in [0.717, 1.165) is 40.8 Å². The molecule has 4 heteroatoms. The number of hydrogen-bond acceptors (Lipinski definition) is 2. The van der Waals surface area contributed by atoms with E-state index in [2.05, 4.69) is 11.3 Å². The maximum absolute atomic E-state index is 7.00. The van der Waals surface area contributed by atoms with Crippen LogP contribution in [0.4, 0.5) is 0 Å². The van der Waals surface area contributed by atoms with Crippen LogP contribution in [0.3, 0.4) is 0 Å². The van der Waals surface area contributed by atoms with Crippen molar-refractivity contribution in [3.05, 3.63) is 0 Å². The van der Waals surface area contributed by atoms with Crippen molar-refractivity contribution in [1.29, 1.82) is 0 Å². The summed E-state index contributed by atoms with van der Waals surface area (Å²) in [5, 5.41) is 14.0. The molecule has 0 saturated heterocycles. The molecular formula is HBaMgO2. The van der Waals surface area contributed by atoms with Gasteiger partial charge in [0.05, 0.1) is 0 Å². The van der Waals surface area contributed by atoms with Gasteiger partial charge in [0.15, 0.2) is 0 Å². The second-order valence-electron chi connectivity index (χ2n) is 0. The molecule has 0 aliphatic rings. The van der Waals surface area contributed by atoms with Crippen molar-refractivity contribution in [1.82, 2.24) is 0 Å². The summed E-state index contributed by atoms with van der Waals surface area (Å²) in [7, 11) is 0. The normalized spacial score (nSPS) is 2.50. The van der Waals surface area contributed by atoms with Crippen LogP contribution in [0.2, 0.25) is 0 Å². The molecule has 0 aromatic heterocycles. The van der Waals surface area contributed by atoms with Gasteiger partial charge in [0.1, 0.15) is 0 Å². The molecule has 0 aliphatic carbocycles. The first kappa shape index (κ1) is 9.54. The number of rotatable bonds is 0. The van der Waals surface area contributed by atoms with Crippen LogP contribution in [0.5, 0.6) is 0 Å². The number of hydrogen-bond donors (Lipinski definition) is 0. The van der Waals surface area contributed by atoms with Crippen molar-refractivity contribution in [2.24, 2.45) is 0 Å². The van der Waals surface area contributed by atoms with Crippen LogP contribution in [0.1, 0.15) is 0 Å². The van der Waals surface area contributed by atoms with Gasteiger partial charge in [0, 0.05) is 0 Å². The minimum Gasteiger partial charge on any atom is -1.00 e. The van der Waals surface area contributed by atoms with Crippen LogP contribution >= 0.6 is 0 Å². The van der Waals surface area contributed by atoms with E-state index in [-0.39, 0.29) is 0 Å². The van der Waals surface area contributed by atoms with Crippen molar-refractivity contribution in [3.8, 4) is 0 Å². The third kappa shape index (κ3) is 8.86. The second kappa shape index (κ2) is 18.7. The van der Waals surface area contributed by atoms with Gasteiger partial charge in [-0.2, -0.15) is 0 Å². The Morgan fingerprint density at radius 3 is 1.25 bits per heavy atom. The summed E-state index contributed by atoms with van der Waals surface area (Å²) in [5.41, 5.74) is 0. The maximum atomic E-state index is 7.00. The van der Waals surface area contributed by atoms with Crippen molar-refractivity contribution in [3.63, 3.8) is 0 Å². The van der Waals surface area contributed by atoms with Crippen LogP contribution in [-0.2, 0) is 0 Å². The van der Waals surface area contributed by atoms with Crippen molar-refractivity contribution >= 4 is 52.1 Å². The molecule has 0 N–H and O–H groups in total. The molecule has 17 valence electrons. The predicted octanol–water partition coefficient (Wildman–Crippen LogP) is -3.41. The molecule has 0 aromatic rings. The van der Waals surface area contributed by atoms with E-state index in [1.54, 1.807) is 0 Å². The molecule has 0 amide bonds. The van der Waals surface area contributed by atoms with Gasteiger partial charge in [-0.15, -0.1) is 0 Å². The zero-order valence-corrected chi connectivity index (χ0v) is 10.2. The Balaban J connectivity index is 0. The minimum absolute atomic E-state index is 0.917. The Morgan fingerprint density at radius 2 is 1.25 bits per heavy atom. The van der Waals surface area contributed by atoms with E-state index in [9.17, 15) is 0 Å². The molecular weight excluding hydrogens is 194 g/mol. The predicted molar refractivity (Wildman–Crippen MR) is 12.9 cm³/mol. The fourth-order valence-corrected chi connectivity index (χ4v) is 0. The van der Waals surface area contributed by atoms with Gasteiger partial charge < -0.3 is 10.5 Å². The average molecular weight is 195 g/mol. The largest absolute Gasteiger partial charge is 1.00 e. The zero-order valence-electron chi connectivity index (χ0n) is 2.52. The fraction of sp³-hybridized carbons (Fsp3) is 0. The first-order chi connectivity index (χ1) is 2.00. The second-order valence-corrected chi connectivity index (χ2v) is 0. The molecule has 4 heavy (non-hydrogen) atoms. The van der Waals surface area contributed by atoms with Gasteiger partial charge in [-0.25, -0.2) is 0 Å². The van der Waals surface area contributed by atoms with Gasteiger partial charge in [-0.1, -0.05) is 0 Å². The monoisotopic (exact) mass is 195 g/mol.